The fourth-order valence-corrected chi connectivity index (χ4v) is 5.53. The summed E-state index contributed by atoms with van der Waals surface area (Å²) in [5.74, 6) is 0.916. The number of hydrogen-bond acceptors (Lipinski definition) is 7. The molecule has 0 spiro atoms. The van der Waals surface area contributed by atoms with Crippen LogP contribution in [-0.4, -0.2) is 71.0 Å². The van der Waals surface area contributed by atoms with E-state index in [1.165, 1.54) is 12.8 Å². The fraction of sp³-hybridized carbons (Fsp3) is 0.789. The SMILES string of the molecule is CSCCNC(=O)CCC(=O)CC(=O)CCC(=O)NCCSC1CCC1SC. The third-order valence-electron chi connectivity index (χ3n) is 4.49. The average molecular weight is 449 g/mol. The molecule has 2 atom stereocenters. The topological polar surface area (TPSA) is 92.3 Å². The first-order valence-corrected chi connectivity index (χ1v) is 13.4. The molecule has 160 valence electrons. The van der Waals surface area contributed by atoms with Gasteiger partial charge in [0.05, 0.1) is 6.42 Å². The number of nitrogens with one attached hydrogen (secondary N) is 2. The van der Waals surface area contributed by atoms with Gasteiger partial charge in [-0.05, 0) is 25.4 Å². The molecule has 1 fully saturated rings. The maximum atomic E-state index is 11.8. The van der Waals surface area contributed by atoms with Gasteiger partial charge in [-0.3, -0.25) is 19.2 Å². The van der Waals surface area contributed by atoms with E-state index in [0.717, 1.165) is 16.8 Å². The standard InChI is InChI=1S/C19H32N2O4S3/c1-26-11-9-20-18(24)7-3-14(22)13-15(23)4-8-19(25)21-10-12-28-17-6-5-16(17)27-2/h16-17H,3-13H2,1-2H3,(H,20,24)(H,21,25). The van der Waals surface area contributed by atoms with E-state index >= 15 is 0 Å². The Morgan fingerprint density at radius 3 is 1.79 bits per heavy atom. The van der Waals surface area contributed by atoms with Gasteiger partial charge in [-0.25, -0.2) is 0 Å². The lowest BCUT2D eigenvalue weighted by atomic mass is 9.99. The van der Waals surface area contributed by atoms with Crippen LogP contribution in [0.25, 0.3) is 0 Å². The Kier molecular flexibility index (Phi) is 13.8. The van der Waals surface area contributed by atoms with Gasteiger partial charge in [-0.2, -0.15) is 35.3 Å². The zero-order chi connectivity index (χ0) is 20.8. The number of carbonyl (C=O) groups excluding carboxylic acids is 4. The molecule has 1 rings (SSSR count). The summed E-state index contributed by atoms with van der Waals surface area (Å²) in [6, 6.07) is 0. The summed E-state index contributed by atoms with van der Waals surface area (Å²) in [6.45, 7) is 1.19. The minimum absolute atomic E-state index is 0.0679. The maximum Gasteiger partial charge on any atom is 0.220 e. The molecule has 2 N–H and O–H groups in total. The largest absolute Gasteiger partial charge is 0.355 e. The molecule has 1 saturated carbocycles. The number of carbonyl (C=O) groups is 4. The van der Waals surface area contributed by atoms with E-state index in [9.17, 15) is 19.2 Å². The van der Waals surface area contributed by atoms with Crippen molar-refractivity contribution >= 4 is 58.7 Å². The normalized spacial score (nSPS) is 18.2. The van der Waals surface area contributed by atoms with Gasteiger partial charge >= 0.3 is 0 Å². The minimum Gasteiger partial charge on any atom is -0.355 e. The fourth-order valence-electron chi connectivity index (χ4n) is 2.67. The van der Waals surface area contributed by atoms with E-state index in [0.29, 0.717) is 18.3 Å². The van der Waals surface area contributed by atoms with Crippen molar-refractivity contribution in [3.8, 4) is 0 Å². The third-order valence-corrected chi connectivity index (χ3v) is 7.88. The molecule has 0 aromatic heterocycles. The second-order valence-corrected chi connectivity index (χ2v) is 10.1. The van der Waals surface area contributed by atoms with Crippen LogP contribution in [0.2, 0.25) is 0 Å². The van der Waals surface area contributed by atoms with E-state index in [1.807, 2.05) is 29.8 Å². The Morgan fingerprint density at radius 2 is 1.32 bits per heavy atom. The van der Waals surface area contributed by atoms with Gasteiger partial charge in [-0.1, -0.05) is 0 Å². The van der Waals surface area contributed by atoms with Crippen molar-refractivity contribution in [2.75, 3.05) is 37.1 Å². The summed E-state index contributed by atoms with van der Waals surface area (Å²) in [7, 11) is 0. The average Bonchev–Trinajstić information content (AvgIpc) is 2.64. The predicted molar refractivity (Wildman–Crippen MR) is 120 cm³/mol. The van der Waals surface area contributed by atoms with Gasteiger partial charge in [0.25, 0.3) is 0 Å². The first-order valence-electron chi connectivity index (χ1n) is 9.66. The summed E-state index contributed by atoms with van der Waals surface area (Å²) >= 11 is 5.45. The third kappa shape index (κ3) is 11.4. The zero-order valence-corrected chi connectivity index (χ0v) is 19.2. The Labute approximate surface area is 180 Å². The van der Waals surface area contributed by atoms with Crippen LogP contribution in [0.4, 0.5) is 0 Å². The van der Waals surface area contributed by atoms with Crippen molar-refractivity contribution < 1.29 is 19.2 Å². The lowest BCUT2D eigenvalue weighted by Crippen LogP contribution is -2.33. The highest BCUT2D eigenvalue weighted by atomic mass is 32.2. The van der Waals surface area contributed by atoms with Gasteiger partial charge in [-0.15, -0.1) is 0 Å². The molecule has 1 aliphatic rings. The van der Waals surface area contributed by atoms with Gasteiger partial charge in [0.1, 0.15) is 11.6 Å². The second kappa shape index (κ2) is 15.2. The smallest absolute Gasteiger partial charge is 0.220 e. The Bertz CT molecular complexity index is 529. The van der Waals surface area contributed by atoms with Crippen LogP contribution in [0.1, 0.15) is 44.9 Å². The van der Waals surface area contributed by atoms with Gasteiger partial charge in [0.2, 0.25) is 11.8 Å². The van der Waals surface area contributed by atoms with Gasteiger partial charge < -0.3 is 10.6 Å². The number of Topliss-reactive ketones (excluding diaryl/α,β-unsaturated/α-hetero) is 2. The molecule has 0 aromatic carbocycles. The van der Waals surface area contributed by atoms with Crippen LogP contribution in [0.15, 0.2) is 0 Å². The van der Waals surface area contributed by atoms with E-state index in [-0.39, 0.29) is 55.5 Å². The highest BCUT2D eigenvalue weighted by Gasteiger charge is 2.29. The monoisotopic (exact) mass is 448 g/mol. The Hall–Kier alpha value is -0.670. The molecular weight excluding hydrogens is 416 g/mol. The number of hydrogen-bond donors (Lipinski definition) is 2. The van der Waals surface area contributed by atoms with Crippen molar-refractivity contribution in [2.45, 2.75) is 55.4 Å². The van der Waals surface area contributed by atoms with E-state index in [1.54, 1.807) is 11.8 Å². The van der Waals surface area contributed by atoms with Crippen LogP contribution in [0.3, 0.4) is 0 Å². The van der Waals surface area contributed by atoms with E-state index in [2.05, 4.69) is 16.9 Å². The van der Waals surface area contributed by atoms with E-state index < -0.39 is 0 Å². The summed E-state index contributed by atoms with van der Waals surface area (Å²) < 4.78 is 0. The first kappa shape index (κ1) is 25.4. The Balaban J connectivity index is 2.02. The summed E-state index contributed by atoms with van der Waals surface area (Å²) in [5, 5.41) is 7.01. The molecular formula is C19H32N2O4S3. The molecule has 0 radical (unpaired) electrons. The molecule has 0 saturated heterocycles. The number of ketones is 2. The highest BCUT2D eigenvalue weighted by molar-refractivity contribution is 8.03. The molecule has 28 heavy (non-hydrogen) atoms. The quantitative estimate of drug-likeness (QED) is 0.276. The van der Waals surface area contributed by atoms with Crippen molar-refractivity contribution in [1.29, 1.82) is 0 Å². The Morgan fingerprint density at radius 1 is 0.786 bits per heavy atom. The molecule has 0 heterocycles. The molecule has 1 aliphatic carbocycles. The number of rotatable bonds is 16. The first-order chi connectivity index (χ1) is 13.5. The van der Waals surface area contributed by atoms with Crippen molar-refractivity contribution in [3.05, 3.63) is 0 Å². The minimum atomic E-state index is -0.245. The van der Waals surface area contributed by atoms with Crippen molar-refractivity contribution in [3.63, 3.8) is 0 Å². The second-order valence-electron chi connectivity index (χ2n) is 6.71. The van der Waals surface area contributed by atoms with Crippen LogP contribution in [0.5, 0.6) is 0 Å². The number of thioether (sulfide) groups is 3. The van der Waals surface area contributed by atoms with Crippen LogP contribution < -0.4 is 10.6 Å². The molecule has 2 unspecified atom stereocenters. The van der Waals surface area contributed by atoms with E-state index in [4.69, 9.17) is 0 Å². The van der Waals surface area contributed by atoms with Gasteiger partial charge in [0, 0.05) is 60.8 Å². The maximum absolute atomic E-state index is 11.8. The van der Waals surface area contributed by atoms with Gasteiger partial charge in [0.15, 0.2) is 0 Å². The van der Waals surface area contributed by atoms with Crippen LogP contribution in [0, 0.1) is 0 Å². The highest BCUT2D eigenvalue weighted by Crippen LogP contribution is 2.38. The lowest BCUT2D eigenvalue weighted by Gasteiger charge is -2.34. The molecule has 9 heteroatoms. The molecule has 0 aromatic rings. The number of amides is 2. The lowest BCUT2D eigenvalue weighted by molar-refractivity contribution is -0.130. The predicted octanol–water partition coefficient (Wildman–Crippen LogP) is 2.30. The van der Waals surface area contributed by atoms with Crippen molar-refractivity contribution in [2.24, 2.45) is 0 Å². The summed E-state index contributed by atoms with van der Waals surface area (Å²) in [4.78, 5) is 47.0. The summed E-state index contributed by atoms with van der Waals surface area (Å²) in [5.41, 5.74) is 0. The van der Waals surface area contributed by atoms with Crippen LogP contribution in [-0.2, 0) is 19.2 Å². The van der Waals surface area contributed by atoms with Crippen molar-refractivity contribution in [1.82, 2.24) is 10.6 Å². The zero-order valence-electron chi connectivity index (χ0n) is 16.8. The molecule has 2 amide bonds. The molecule has 0 aliphatic heterocycles. The van der Waals surface area contributed by atoms with Crippen LogP contribution >= 0.6 is 35.3 Å². The molecule has 0 bridgehead atoms. The molecule has 6 nitrogen and oxygen atoms in total. The summed E-state index contributed by atoms with van der Waals surface area (Å²) in [6.07, 6.45) is 6.80.